The number of H-pyrrole nitrogens is 1. The van der Waals surface area contributed by atoms with Crippen molar-refractivity contribution in [3.8, 4) is 0 Å². The van der Waals surface area contributed by atoms with Crippen molar-refractivity contribution in [2.45, 2.75) is 0 Å². The van der Waals surface area contributed by atoms with E-state index < -0.39 is 0 Å². The van der Waals surface area contributed by atoms with Crippen molar-refractivity contribution in [2.24, 2.45) is 0 Å². The number of fused-ring (bicyclic) bond motifs is 3. The van der Waals surface area contributed by atoms with Crippen LogP contribution in [-0.4, -0.2) is 9.97 Å². The monoisotopic (exact) mass is 205 g/mol. The molecule has 1 N–H and O–H groups in total. The van der Waals surface area contributed by atoms with Crippen LogP contribution in [0.5, 0.6) is 0 Å². The Morgan fingerprint density at radius 2 is 2.00 bits per heavy atom. The van der Waals surface area contributed by atoms with Crippen LogP contribution in [0.15, 0.2) is 42.7 Å². The molecule has 0 radical (unpaired) electrons. The van der Waals surface area contributed by atoms with E-state index in [2.05, 4.69) is 16.0 Å². The summed E-state index contributed by atoms with van der Waals surface area (Å²) >= 11 is 0. The minimum absolute atomic E-state index is 0. The second kappa shape index (κ2) is 3.31. The normalized spacial score (nSPS) is 10.3. The Labute approximate surface area is 88.9 Å². The quantitative estimate of drug-likeness (QED) is 0.600. The molecule has 0 saturated carbocycles. The van der Waals surface area contributed by atoms with Gasteiger partial charge in [0.05, 0.1) is 11.0 Å². The van der Waals surface area contributed by atoms with Gasteiger partial charge in [-0.25, -0.2) is 0 Å². The van der Waals surface area contributed by atoms with Gasteiger partial charge in [-0.05, 0) is 12.1 Å². The number of nitrogens with one attached hydrogen (secondary N) is 1. The summed E-state index contributed by atoms with van der Waals surface area (Å²) in [5.74, 6) is 0. The largest absolute Gasteiger partial charge is 1.00 e. The molecule has 0 spiro atoms. The van der Waals surface area contributed by atoms with E-state index >= 15 is 0 Å². The third kappa shape index (κ3) is 1.16. The van der Waals surface area contributed by atoms with E-state index in [9.17, 15) is 0 Å². The maximum atomic E-state index is 4.36. The molecule has 0 aliphatic carbocycles. The second-order valence-corrected chi connectivity index (χ2v) is 3.08. The molecule has 14 heavy (non-hydrogen) atoms. The van der Waals surface area contributed by atoms with Gasteiger partial charge >= 0.3 is 1.43 Å². The van der Waals surface area contributed by atoms with E-state index in [1.807, 2.05) is 36.7 Å². The second-order valence-electron chi connectivity index (χ2n) is 3.08. The fraction of sp³-hybridized carbons (Fsp3) is 0. The lowest BCUT2D eigenvalue weighted by Crippen LogP contribution is -1.78. The highest BCUT2D eigenvalue weighted by Crippen LogP contribution is 2.20. The maximum Gasteiger partial charge on any atom is 1.00 e. The number of aromatic nitrogens is 2. The van der Waals surface area contributed by atoms with E-state index in [0.29, 0.717) is 0 Å². The van der Waals surface area contributed by atoms with Gasteiger partial charge in [0.1, 0.15) is 0 Å². The molecule has 2 aromatic heterocycles. The molecule has 0 bridgehead atoms. The zero-order valence-electron chi connectivity index (χ0n) is 8.40. The van der Waals surface area contributed by atoms with E-state index in [1.165, 1.54) is 16.3 Å². The van der Waals surface area contributed by atoms with Gasteiger partial charge in [-0.2, -0.15) is 0 Å². The van der Waals surface area contributed by atoms with Gasteiger partial charge in [0, 0.05) is 23.2 Å². The third-order valence-electron chi connectivity index (χ3n) is 2.30. The lowest BCUT2D eigenvalue weighted by Gasteiger charge is -1.96. The molecule has 2 nitrogen and oxygen atoms in total. The van der Waals surface area contributed by atoms with Crippen LogP contribution in [0.2, 0.25) is 0 Å². The molecule has 2 heterocycles. The number of benzene rings is 1. The highest BCUT2D eigenvalue weighted by molar-refractivity contribution is 6.02. The zero-order valence-corrected chi connectivity index (χ0v) is 8.21. The molecule has 1 aromatic carbocycles. The topological polar surface area (TPSA) is 28.7 Å². The van der Waals surface area contributed by atoms with Crippen molar-refractivity contribution in [1.29, 1.82) is 0 Å². The molecule has 0 amide bonds. The molecule has 0 atom stereocenters. The summed E-state index contributed by atoms with van der Waals surface area (Å²) < 4.78 is 0. The van der Waals surface area contributed by atoms with Crippen LogP contribution in [0, 0.1) is 0 Å². The van der Waals surface area contributed by atoms with Gasteiger partial charge in [-0.1, -0.05) is 18.2 Å². The molecule has 70 valence electrons. The van der Waals surface area contributed by atoms with Crippen molar-refractivity contribution >= 4 is 34.2 Å². The Morgan fingerprint density at radius 3 is 2.93 bits per heavy atom. The SMILES string of the molecule is Cl.[H+].c1ccc2c(c1)ncc1cc[nH]c12. The predicted octanol–water partition coefficient (Wildman–Crippen LogP) is 3.25. The van der Waals surface area contributed by atoms with Crippen molar-refractivity contribution in [3.63, 3.8) is 0 Å². The summed E-state index contributed by atoms with van der Waals surface area (Å²) in [6, 6.07) is 10.2. The standard InChI is InChI=1S/C11H8N2.ClH/c1-2-4-10-9(3-1)11-8(7-13-10)5-6-12-11;/h1-7,12H;1H/p+1. The Morgan fingerprint density at radius 1 is 1.14 bits per heavy atom. The molecule has 0 aliphatic heterocycles. The van der Waals surface area contributed by atoms with Crippen LogP contribution in [0.25, 0.3) is 21.8 Å². The predicted molar refractivity (Wildman–Crippen MR) is 62.0 cm³/mol. The van der Waals surface area contributed by atoms with Gasteiger partial charge in [-0.15, -0.1) is 12.4 Å². The van der Waals surface area contributed by atoms with E-state index in [1.54, 1.807) is 0 Å². The number of nitrogens with zero attached hydrogens (tertiary/aromatic N) is 1. The Hall–Kier alpha value is -1.54. The highest BCUT2D eigenvalue weighted by Gasteiger charge is 1.99. The van der Waals surface area contributed by atoms with Gasteiger partial charge in [0.25, 0.3) is 0 Å². The van der Waals surface area contributed by atoms with E-state index in [0.717, 1.165) is 5.52 Å². The minimum Gasteiger partial charge on any atom is -0.361 e. The number of hydrogen-bond donors (Lipinski definition) is 1. The lowest BCUT2D eigenvalue weighted by atomic mass is 10.2. The van der Waals surface area contributed by atoms with Crippen molar-refractivity contribution in [3.05, 3.63) is 42.7 Å². The summed E-state index contributed by atoms with van der Waals surface area (Å²) in [6.07, 6.45) is 3.84. The average Bonchev–Trinajstić information content (AvgIpc) is 2.65. The fourth-order valence-electron chi connectivity index (χ4n) is 1.66. The minimum atomic E-state index is 0. The summed E-state index contributed by atoms with van der Waals surface area (Å²) in [5, 5.41) is 2.35. The average molecular weight is 206 g/mol. The lowest BCUT2D eigenvalue weighted by molar-refractivity contribution is 1.43. The van der Waals surface area contributed by atoms with E-state index in [4.69, 9.17) is 0 Å². The van der Waals surface area contributed by atoms with Crippen LogP contribution in [0.1, 0.15) is 1.43 Å². The van der Waals surface area contributed by atoms with Crippen LogP contribution in [-0.2, 0) is 0 Å². The maximum absolute atomic E-state index is 4.36. The molecule has 0 unspecified atom stereocenters. The van der Waals surface area contributed by atoms with Crippen LogP contribution in [0.3, 0.4) is 0 Å². The van der Waals surface area contributed by atoms with Gasteiger partial charge in [-0.3, -0.25) is 4.98 Å². The molecule has 0 fully saturated rings. The molecular weight excluding hydrogens is 196 g/mol. The van der Waals surface area contributed by atoms with Gasteiger partial charge < -0.3 is 4.98 Å². The first kappa shape index (κ1) is 9.03. The molecule has 0 saturated heterocycles. The van der Waals surface area contributed by atoms with Gasteiger partial charge in [0.2, 0.25) is 0 Å². The molecule has 0 aliphatic rings. The number of rotatable bonds is 0. The fourth-order valence-corrected chi connectivity index (χ4v) is 1.66. The number of para-hydroxylation sites is 1. The molecule has 3 aromatic rings. The third-order valence-corrected chi connectivity index (χ3v) is 2.30. The number of aromatic amines is 1. The number of hydrogen-bond acceptors (Lipinski definition) is 1. The van der Waals surface area contributed by atoms with E-state index in [-0.39, 0.29) is 13.8 Å². The van der Waals surface area contributed by atoms with Crippen molar-refractivity contribution < 1.29 is 1.43 Å². The summed E-state index contributed by atoms with van der Waals surface area (Å²) in [6.45, 7) is 0. The first-order chi connectivity index (χ1) is 6.45. The Bertz CT molecular complexity index is 577. The van der Waals surface area contributed by atoms with Crippen LogP contribution in [0.4, 0.5) is 0 Å². The zero-order chi connectivity index (χ0) is 8.67. The first-order valence-corrected chi connectivity index (χ1v) is 4.26. The summed E-state index contributed by atoms with van der Waals surface area (Å²) in [5.41, 5.74) is 2.21. The summed E-state index contributed by atoms with van der Waals surface area (Å²) in [4.78, 5) is 7.58. The molecular formula is C11H10ClN2+. The smallest absolute Gasteiger partial charge is 0.361 e. The Balaban J connectivity index is 0.000000562. The first-order valence-electron chi connectivity index (χ1n) is 4.26. The van der Waals surface area contributed by atoms with Crippen LogP contribution >= 0.6 is 12.4 Å². The highest BCUT2D eigenvalue weighted by atomic mass is 35.5. The summed E-state index contributed by atoms with van der Waals surface area (Å²) in [7, 11) is 0. The Kier molecular flexibility index (Phi) is 2.14. The molecule has 3 heteroatoms. The van der Waals surface area contributed by atoms with Gasteiger partial charge in [0.15, 0.2) is 0 Å². The van der Waals surface area contributed by atoms with Crippen LogP contribution < -0.4 is 0 Å². The van der Waals surface area contributed by atoms with Crippen molar-refractivity contribution in [2.75, 3.05) is 0 Å². The van der Waals surface area contributed by atoms with Crippen molar-refractivity contribution in [1.82, 2.24) is 9.97 Å². The molecule has 3 rings (SSSR count). The number of pyridine rings is 1. The number of halogens is 1.